The Labute approximate surface area is 178 Å². The van der Waals surface area contributed by atoms with Gasteiger partial charge in [-0.1, -0.05) is 55.5 Å². The Morgan fingerprint density at radius 1 is 1.13 bits per heavy atom. The summed E-state index contributed by atoms with van der Waals surface area (Å²) in [5.74, 6) is -2.62. The largest absolute Gasteiger partial charge is 0.273 e. The third kappa shape index (κ3) is 3.72. The van der Waals surface area contributed by atoms with Gasteiger partial charge in [-0.2, -0.15) is 5.01 Å². The Hall–Kier alpha value is -3.81. The lowest BCUT2D eigenvalue weighted by Gasteiger charge is -2.30. The minimum atomic E-state index is -0.645. The van der Waals surface area contributed by atoms with Gasteiger partial charge in [-0.3, -0.25) is 24.5 Å². The molecule has 1 heterocycles. The first-order valence-electron chi connectivity index (χ1n) is 10.0. The number of allylic oxidation sites excluding steroid dienone is 2. The molecule has 1 fully saturated rings. The molecular weight excluding hydrogens is 398 g/mol. The molecule has 1 aliphatic carbocycles. The van der Waals surface area contributed by atoms with E-state index in [2.05, 4.69) is 0 Å². The fourth-order valence-electron chi connectivity index (χ4n) is 4.26. The molecule has 2 aliphatic rings. The van der Waals surface area contributed by atoms with Gasteiger partial charge < -0.3 is 0 Å². The highest BCUT2D eigenvalue weighted by Crippen LogP contribution is 2.39. The Morgan fingerprint density at radius 2 is 1.87 bits per heavy atom. The highest BCUT2D eigenvalue weighted by atomic mass is 16.6. The molecule has 2 aromatic carbocycles. The van der Waals surface area contributed by atoms with Crippen LogP contribution in [0.1, 0.15) is 29.3 Å². The molecule has 0 unspecified atom stereocenters. The number of nitro groups is 1. The number of fused-ring (bicyclic) bond motifs is 1. The van der Waals surface area contributed by atoms with Crippen molar-refractivity contribution in [1.82, 2.24) is 10.0 Å². The van der Waals surface area contributed by atoms with Crippen LogP contribution in [0.4, 0.5) is 5.69 Å². The lowest BCUT2D eigenvalue weighted by atomic mass is 9.78. The van der Waals surface area contributed by atoms with Gasteiger partial charge >= 0.3 is 0 Å². The molecule has 1 saturated heterocycles. The fourth-order valence-corrected chi connectivity index (χ4v) is 4.26. The molecule has 158 valence electrons. The second kappa shape index (κ2) is 8.14. The fraction of sp³-hybridized carbons (Fsp3) is 0.261. The molecule has 2 aromatic rings. The topological polar surface area (TPSA) is 101 Å². The molecule has 3 atom stereocenters. The van der Waals surface area contributed by atoms with Crippen LogP contribution in [0.25, 0.3) is 0 Å². The van der Waals surface area contributed by atoms with Gasteiger partial charge in [0.05, 0.1) is 23.3 Å². The van der Waals surface area contributed by atoms with E-state index in [9.17, 15) is 24.5 Å². The summed E-state index contributed by atoms with van der Waals surface area (Å²) in [4.78, 5) is 50.5. The third-order valence-electron chi connectivity index (χ3n) is 5.80. The van der Waals surface area contributed by atoms with Crippen LogP contribution < -0.4 is 0 Å². The van der Waals surface area contributed by atoms with Gasteiger partial charge in [0.15, 0.2) is 0 Å². The van der Waals surface area contributed by atoms with E-state index in [-0.39, 0.29) is 23.7 Å². The average molecular weight is 419 g/mol. The van der Waals surface area contributed by atoms with Crippen molar-refractivity contribution in [3.63, 3.8) is 0 Å². The number of hydrazine groups is 1. The van der Waals surface area contributed by atoms with E-state index < -0.39 is 34.5 Å². The lowest BCUT2D eigenvalue weighted by Crippen LogP contribution is -2.50. The zero-order chi connectivity index (χ0) is 22.1. The number of hydrogen-bond acceptors (Lipinski definition) is 5. The summed E-state index contributed by atoms with van der Waals surface area (Å²) in [7, 11) is 0. The number of nitro benzene ring substituents is 1. The van der Waals surface area contributed by atoms with Crippen molar-refractivity contribution < 1.29 is 19.3 Å². The molecule has 0 N–H and O–H groups in total. The van der Waals surface area contributed by atoms with Crippen molar-refractivity contribution in [2.75, 3.05) is 0 Å². The predicted octanol–water partition coefficient (Wildman–Crippen LogP) is 3.35. The van der Waals surface area contributed by atoms with Crippen LogP contribution in [-0.4, -0.2) is 32.7 Å². The molecule has 1 aliphatic heterocycles. The van der Waals surface area contributed by atoms with E-state index in [0.29, 0.717) is 6.42 Å². The summed E-state index contributed by atoms with van der Waals surface area (Å²) in [6.45, 7) is 1.87. The summed E-state index contributed by atoms with van der Waals surface area (Å²) < 4.78 is 0. The van der Waals surface area contributed by atoms with Crippen LogP contribution in [0.5, 0.6) is 0 Å². The number of carbonyl (C=O) groups is 3. The van der Waals surface area contributed by atoms with Gasteiger partial charge in [0, 0.05) is 17.7 Å². The number of carbonyl (C=O) groups excluding carboxylic acids is 3. The normalized spacial score (nSPS) is 22.4. The minimum Gasteiger partial charge on any atom is -0.272 e. The van der Waals surface area contributed by atoms with Crippen molar-refractivity contribution in [2.24, 2.45) is 17.8 Å². The number of non-ortho nitro benzene ring substituents is 1. The monoisotopic (exact) mass is 419 g/mol. The first-order chi connectivity index (χ1) is 14.9. The molecular formula is C23H21N3O5. The highest BCUT2D eigenvalue weighted by Gasteiger charge is 2.53. The van der Waals surface area contributed by atoms with Crippen LogP contribution in [0.15, 0.2) is 66.7 Å². The second-order valence-corrected chi connectivity index (χ2v) is 7.80. The molecule has 8 heteroatoms. The van der Waals surface area contributed by atoms with Crippen LogP contribution in [-0.2, 0) is 16.1 Å². The Morgan fingerprint density at radius 3 is 2.55 bits per heavy atom. The molecule has 0 spiro atoms. The second-order valence-electron chi connectivity index (χ2n) is 7.80. The maximum atomic E-state index is 13.4. The standard InChI is InChI=1S/C23H21N3O5/c1-15-7-5-12-19-20(15)23(29)25(22(19)28)24(14-16-8-3-2-4-9-16)21(27)17-10-6-11-18(13-17)26(30)31/h2-11,13,15,19-20H,12,14H2,1H3/t15-,19+,20-/m1/s1. The molecule has 0 aromatic heterocycles. The molecule has 0 saturated carbocycles. The van der Waals surface area contributed by atoms with Crippen molar-refractivity contribution in [1.29, 1.82) is 0 Å². The van der Waals surface area contributed by atoms with E-state index in [1.807, 2.05) is 25.1 Å². The number of amides is 3. The van der Waals surface area contributed by atoms with Gasteiger partial charge in [-0.25, -0.2) is 5.01 Å². The van der Waals surface area contributed by atoms with Gasteiger partial charge in [0.2, 0.25) is 0 Å². The third-order valence-corrected chi connectivity index (χ3v) is 5.80. The van der Waals surface area contributed by atoms with Crippen molar-refractivity contribution >= 4 is 23.4 Å². The quantitative estimate of drug-likeness (QED) is 0.320. The highest BCUT2D eigenvalue weighted by molar-refractivity contribution is 6.08. The number of hydrogen-bond donors (Lipinski definition) is 0. The Bertz CT molecular complexity index is 1080. The summed E-state index contributed by atoms with van der Waals surface area (Å²) in [5.41, 5.74) is 0.519. The number of benzene rings is 2. The summed E-state index contributed by atoms with van der Waals surface area (Å²) >= 11 is 0. The van der Waals surface area contributed by atoms with Crippen LogP contribution >= 0.6 is 0 Å². The average Bonchev–Trinajstić information content (AvgIpc) is 3.03. The zero-order valence-corrected chi connectivity index (χ0v) is 16.9. The van der Waals surface area contributed by atoms with Crippen LogP contribution in [0.2, 0.25) is 0 Å². The van der Waals surface area contributed by atoms with Crippen molar-refractivity contribution in [2.45, 2.75) is 19.9 Å². The van der Waals surface area contributed by atoms with Gasteiger partial charge in [-0.15, -0.1) is 0 Å². The summed E-state index contributed by atoms with van der Waals surface area (Å²) in [6, 6.07) is 14.3. The molecule has 0 radical (unpaired) electrons. The maximum Gasteiger partial charge on any atom is 0.273 e. The van der Waals surface area contributed by atoms with Gasteiger partial charge in [0.1, 0.15) is 0 Å². The van der Waals surface area contributed by atoms with Crippen LogP contribution in [0.3, 0.4) is 0 Å². The van der Waals surface area contributed by atoms with Gasteiger partial charge in [-0.05, 0) is 24.0 Å². The van der Waals surface area contributed by atoms with Crippen molar-refractivity contribution in [3.05, 3.63) is 88.0 Å². The number of imide groups is 1. The Kier molecular flexibility index (Phi) is 5.37. The molecule has 0 bridgehead atoms. The minimum absolute atomic E-state index is 0.0128. The molecule has 8 nitrogen and oxygen atoms in total. The summed E-state index contributed by atoms with van der Waals surface area (Å²) in [5, 5.41) is 13.2. The van der Waals surface area contributed by atoms with E-state index in [1.165, 1.54) is 18.2 Å². The summed E-state index contributed by atoms with van der Waals surface area (Å²) in [6.07, 6.45) is 4.25. The van der Waals surface area contributed by atoms with Gasteiger partial charge in [0.25, 0.3) is 23.4 Å². The molecule has 3 amide bonds. The smallest absolute Gasteiger partial charge is 0.272 e. The lowest BCUT2D eigenvalue weighted by molar-refractivity contribution is -0.384. The van der Waals surface area contributed by atoms with E-state index in [1.54, 1.807) is 24.3 Å². The van der Waals surface area contributed by atoms with E-state index in [0.717, 1.165) is 21.6 Å². The van der Waals surface area contributed by atoms with E-state index >= 15 is 0 Å². The Balaban J connectivity index is 1.74. The first kappa shape index (κ1) is 20.5. The SMILES string of the molecule is C[C@@H]1C=CC[C@@H]2C(=O)N(N(Cc3ccccc3)C(=O)c3cccc([N+](=O)[O-])c3)C(=O)[C@H]12. The number of nitrogens with zero attached hydrogens (tertiary/aromatic N) is 3. The zero-order valence-electron chi connectivity index (χ0n) is 16.9. The maximum absolute atomic E-state index is 13.4. The molecule has 31 heavy (non-hydrogen) atoms. The van der Waals surface area contributed by atoms with E-state index in [4.69, 9.17) is 0 Å². The predicted molar refractivity (Wildman–Crippen MR) is 111 cm³/mol. The molecule has 4 rings (SSSR count). The van der Waals surface area contributed by atoms with Crippen molar-refractivity contribution in [3.8, 4) is 0 Å². The number of rotatable bonds is 5. The first-order valence-corrected chi connectivity index (χ1v) is 10.0. The van der Waals surface area contributed by atoms with Crippen LogP contribution in [0, 0.1) is 27.9 Å².